The molecule has 4 heteroatoms. The van der Waals surface area contributed by atoms with Crippen LogP contribution >= 0.6 is 0 Å². The van der Waals surface area contributed by atoms with Crippen LogP contribution in [0.5, 0.6) is 5.75 Å². The molecule has 3 atom stereocenters. The van der Waals surface area contributed by atoms with E-state index in [0.717, 1.165) is 25.1 Å². The molecule has 1 saturated heterocycles. The lowest BCUT2D eigenvalue weighted by Gasteiger charge is -2.18. The summed E-state index contributed by atoms with van der Waals surface area (Å²) in [6.07, 6.45) is 1.71. The first-order chi connectivity index (χ1) is 9.69. The first-order valence-corrected chi connectivity index (χ1v) is 7.39. The molecule has 1 N–H and O–H groups in total. The number of rotatable bonds is 3. The van der Waals surface area contributed by atoms with Gasteiger partial charge in [-0.05, 0) is 49.9 Å². The fraction of sp³-hybridized carbons (Fsp3) is 0.562. The summed E-state index contributed by atoms with van der Waals surface area (Å²) in [5, 5.41) is 9.91. The number of fused-ring (bicyclic) bond motifs is 1. The topological polar surface area (TPSA) is 49.8 Å². The van der Waals surface area contributed by atoms with Crippen molar-refractivity contribution < 1.29 is 14.6 Å². The highest BCUT2D eigenvalue weighted by atomic mass is 16.5. The van der Waals surface area contributed by atoms with Crippen molar-refractivity contribution in [3.63, 3.8) is 0 Å². The van der Waals surface area contributed by atoms with E-state index in [1.807, 2.05) is 36.1 Å². The van der Waals surface area contributed by atoms with E-state index in [-0.39, 0.29) is 17.9 Å². The number of hydrogen-bond donors (Lipinski definition) is 1. The third-order valence-electron chi connectivity index (χ3n) is 4.52. The standard InChI is InChI=1S/C16H21NO3/c1-2-20-13-6-3-11(4-7-13)16(19)17-9-12-5-8-15(18)14(12)10-17/h3-4,6-7,12,14-15,18H,2,5,8-10H2,1H3. The summed E-state index contributed by atoms with van der Waals surface area (Å²) in [6.45, 7) is 4.04. The molecule has 1 saturated carbocycles. The molecule has 1 aliphatic carbocycles. The lowest BCUT2D eigenvalue weighted by molar-refractivity contribution is 0.0752. The number of carbonyl (C=O) groups is 1. The van der Waals surface area contributed by atoms with Crippen molar-refractivity contribution in [3.05, 3.63) is 29.8 Å². The minimum absolute atomic E-state index is 0.0645. The van der Waals surface area contributed by atoms with Crippen LogP contribution in [0.2, 0.25) is 0 Å². The van der Waals surface area contributed by atoms with E-state index in [1.54, 1.807) is 0 Å². The Labute approximate surface area is 119 Å². The van der Waals surface area contributed by atoms with Crippen molar-refractivity contribution in [2.45, 2.75) is 25.9 Å². The van der Waals surface area contributed by atoms with Crippen molar-refractivity contribution in [2.75, 3.05) is 19.7 Å². The van der Waals surface area contributed by atoms with Crippen LogP contribution in [-0.4, -0.2) is 41.7 Å². The number of carbonyl (C=O) groups excluding carboxylic acids is 1. The fourth-order valence-corrected chi connectivity index (χ4v) is 3.45. The Bertz CT molecular complexity index is 485. The summed E-state index contributed by atoms with van der Waals surface area (Å²) in [5.74, 6) is 1.62. The molecule has 0 radical (unpaired) electrons. The second kappa shape index (κ2) is 5.44. The molecule has 108 valence electrons. The smallest absolute Gasteiger partial charge is 0.253 e. The lowest BCUT2D eigenvalue weighted by Crippen LogP contribution is -2.31. The van der Waals surface area contributed by atoms with Gasteiger partial charge in [0, 0.05) is 24.6 Å². The predicted octanol–water partition coefficient (Wildman–Crippen LogP) is 1.93. The highest BCUT2D eigenvalue weighted by Gasteiger charge is 2.43. The summed E-state index contributed by atoms with van der Waals surface area (Å²) in [4.78, 5) is 14.3. The van der Waals surface area contributed by atoms with Gasteiger partial charge in [-0.15, -0.1) is 0 Å². The van der Waals surface area contributed by atoms with E-state index in [9.17, 15) is 9.90 Å². The zero-order valence-corrected chi connectivity index (χ0v) is 11.8. The SMILES string of the molecule is CCOc1ccc(C(=O)N2CC3CCC(O)C3C2)cc1. The molecular weight excluding hydrogens is 254 g/mol. The molecular formula is C16H21NO3. The van der Waals surface area contributed by atoms with Gasteiger partial charge < -0.3 is 14.7 Å². The zero-order chi connectivity index (χ0) is 14.1. The number of likely N-dealkylation sites (tertiary alicyclic amines) is 1. The highest BCUT2D eigenvalue weighted by molar-refractivity contribution is 5.94. The van der Waals surface area contributed by atoms with Crippen molar-refractivity contribution in [1.82, 2.24) is 4.90 Å². The quantitative estimate of drug-likeness (QED) is 0.917. The molecule has 1 aromatic carbocycles. The molecule has 3 rings (SSSR count). The van der Waals surface area contributed by atoms with Crippen LogP contribution in [0.3, 0.4) is 0 Å². The molecule has 0 aromatic heterocycles. The maximum absolute atomic E-state index is 12.5. The van der Waals surface area contributed by atoms with Gasteiger partial charge in [0.25, 0.3) is 5.91 Å². The van der Waals surface area contributed by atoms with Crippen LogP contribution in [0.15, 0.2) is 24.3 Å². The zero-order valence-electron chi connectivity index (χ0n) is 11.8. The fourth-order valence-electron chi connectivity index (χ4n) is 3.45. The van der Waals surface area contributed by atoms with Crippen LogP contribution < -0.4 is 4.74 Å². The first-order valence-electron chi connectivity index (χ1n) is 7.39. The first kappa shape index (κ1) is 13.4. The van der Waals surface area contributed by atoms with Crippen LogP contribution in [0, 0.1) is 11.8 Å². The largest absolute Gasteiger partial charge is 0.494 e. The van der Waals surface area contributed by atoms with Gasteiger partial charge >= 0.3 is 0 Å². The number of amides is 1. The minimum atomic E-state index is -0.224. The average molecular weight is 275 g/mol. The molecule has 2 fully saturated rings. The van der Waals surface area contributed by atoms with Gasteiger partial charge in [0.15, 0.2) is 0 Å². The summed E-state index contributed by atoms with van der Waals surface area (Å²) in [6, 6.07) is 7.31. The minimum Gasteiger partial charge on any atom is -0.494 e. The second-order valence-electron chi connectivity index (χ2n) is 5.74. The molecule has 4 nitrogen and oxygen atoms in total. The van der Waals surface area contributed by atoms with Gasteiger partial charge in [0.1, 0.15) is 5.75 Å². The van der Waals surface area contributed by atoms with Gasteiger partial charge in [-0.1, -0.05) is 0 Å². The maximum Gasteiger partial charge on any atom is 0.253 e. The van der Waals surface area contributed by atoms with E-state index in [0.29, 0.717) is 24.6 Å². The summed E-state index contributed by atoms with van der Waals surface area (Å²) in [7, 11) is 0. The van der Waals surface area contributed by atoms with Gasteiger partial charge in [-0.25, -0.2) is 0 Å². The molecule has 3 unspecified atom stereocenters. The molecule has 1 aromatic rings. The van der Waals surface area contributed by atoms with Gasteiger partial charge in [-0.2, -0.15) is 0 Å². The number of ether oxygens (including phenoxy) is 1. The van der Waals surface area contributed by atoms with E-state index in [2.05, 4.69) is 0 Å². The Balaban J connectivity index is 1.67. The molecule has 1 amide bonds. The molecule has 0 spiro atoms. The van der Waals surface area contributed by atoms with E-state index in [4.69, 9.17) is 4.74 Å². The number of hydrogen-bond acceptors (Lipinski definition) is 3. The van der Waals surface area contributed by atoms with E-state index < -0.39 is 0 Å². The summed E-state index contributed by atoms with van der Waals surface area (Å²) in [5.41, 5.74) is 0.697. The van der Waals surface area contributed by atoms with Gasteiger partial charge in [-0.3, -0.25) is 4.79 Å². The Hall–Kier alpha value is -1.55. The Morgan fingerprint density at radius 1 is 1.30 bits per heavy atom. The second-order valence-corrected chi connectivity index (χ2v) is 5.74. The highest BCUT2D eigenvalue weighted by Crippen LogP contribution is 2.38. The summed E-state index contributed by atoms with van der Waals surface area (Å²) < 4.78 is 5.38. The van der Waals surface area contributed by atoms with Crippen LogP contribution in [0.25, 0.3) is 0 Å². The number of nitrogens with zero attached hydrogens (tertiary/aromatic N) is 1. The van der Waals surface area contributed by atoms with Crippen molar-refractivity contribution in [2.24, 2.45) is 11.8 Å². The Kier molecular flexibility index (Phi) is 3.66. The summed E-state index contributed by atoms with van der Waals surface area (Å²) >= 11 is 0. The van der Waals surface area contributed by atoms with Crippen molar-refractivity contribution in [1.29, 1.82) is 0 Å². The molecule has 2 aliphatic rings. The number of aliphatic hydroxyl groups is 1. The number of benzene rings is 1. The predicted molar refractivity (Wildman–Crippen MR) is 75.7 cm³/mol. The molecule has 20 heavy (non-hydrogen) atoms. The average Bonchev–Trinajstić information content (AvgIpc) is 3.02. The maximum atomic E-state index is 12.5. The van der Waals surface area contributed by atoms with Gasteiger partial charge in [0.2, 0.25) is 0 Å². The molecule has 1 heterocycles. The normalized spacial score (nSPS) is 28.5. The monoisotopic (exact) mass is 275 g/mol. The third kappa shape index (κ3) is 2.40. The molecule has 0 bridgehead atoms. The van der Waals surface area contributed by atoms with Gasteiger partial charge in [0.05, 0.1) is 12.7 Å². The van der Waals surface area contributed by atoms with Crippen LogP contribution in [0.1, 0.15) is 30.1 Å². The van der Waals surface area contributed by atoms with Crippen molar-refractivity contribution in [3.8, 4) is 5.75 Å². The molecule has 1 aliphatic heterocycles. The van der Waals surface area contributed by atoms with Crippen LogP contribution in [0.4, 0.5) is 0 Å². The van der Waals surface area contributed by atoms with Crippen LogP contribution in [-0.2, 0) is 0 Å². The van der Waals surface area contributed by atoms with Crippen molar-refractivity contribution >= 4 is 5.91 Å². The van der Waals surface area contributed by atoms with E-state index in [1.165, 1.54) is 0 Å². The third-order valence-corrected chi connectivity index (χ3v) is 4.52. The Morgan fingerprint density at radius 3 is 2.70 bits per heavy atom. The Morgan fingerprint density at radius 2 is 2.05 bits per heavy atom. The van der Waals surface area contributed by atoms with E-state index >= 15 is 0 Å². The lowest BCUT2D eigenvalue weighted by atomic mass is 10.00. The number of aliphatic hydroxyl groups excluding tert-OH is 1.